The maximum atomic E-state index is 12.7. The number of nitrogens with one attached hydrogen (secondary N) is 2. The zero-order valence-electron chi connectivity index (χ0n) is 21.4. The molecule has 2 fully saturated rings. The van der Waals surface area contributed by atoms with E-state index in [0.29, 0.717) is 25.6 Å². The number of piperidine rings is 2. The van der Waals surface area contributed by atoms with Crippen LogP contribution in [-0.2, 0) is 4.79 Å². The summed E-state index contributed by atoms with van der Waals surface area (Å²) in [6.45, 7) is 6.61. The minimum Gasteiger partial charge on any atom is -0.382 e. The lowest BCUT2D eigenvalue weighted by Crippen LogP contribution is -2.43. The number of benzene rings is 2. The molecule has 2 aromatic carbocycles. The standard InChI is InChI=1S/C28H37F3N4OS/c1-21-4-6-22(7-5-21)32-24-12-17-34(18-13-24)16-2-3-27(36)35-19-14-25(15-20-35)33-23-8-10-26(11-9-23)37-28(29,30)31/h4-11,24-25,32-33H,2-3,12-20H2,1H3. The fourth-order valence-corrected chi connectivity index (χ4v) is 5.60. The number of hydrogen-bond acceptors (Lipinski definition) is 5. The van der Waals surface area contributed by atoms with Gasteiger partial charge in [-0.25, -0.2) is 0 Å². The molecule has 2 aliphatic rings. The predicted molar refractivity (Wildman–Crippen MR) is 145 cm³/mol. The van der Waals surface area contributed by atoms with Crippen LogP contribution >= 0.6 is 11.8 Å². The quantitative estimate of drug-likeness (QED) is 0.366. The second kappa shape index (κ2) is 12.9. The first kappa shape index (κ1) is 27.6. The highest BCUT2D eigenvalue weighted by Crippen LogP contribution is 2.37. The predicted octanol–water partition coefficient (Wildman–Crippen LogP) is 6.37. The van der Waals surface area contributed by atoms with Crippen LogP contribution in [0, 0.1) is 6.92 Å². The second-order valence-electron chi connectivity index (χ2n) is 10.1. The van der Waals surface area contributed by atoms with Gasteiger partial charge in [-0.2, -0.15) is 13.2 Å². The van der Waals surface area contributed by atoms with E-state index in [1.807, 2.05) is 4.90 Å². The molecule has 4 rings (SSSR count). The van der Waals surface area contributed by atoms with E-state index in [1.54, 1.807) is 12.1 Å². The molecule has 0 atom stereocenters. The van der Waals surface area contributed by atoms with Crippen molar-refractivity contribution in [2.45, 2.75) is 67.9 Å². The number of likely N-dealkylation sites (tertiary alicyclic amines) is 2. The molecule has 5 nitrogen and oxygen atoms in total. The molecule has 202 valence electrons. The molecule has 0 bridgehead atoms. The lowest BCUT2D eigenvalue weighted by Gasteiger charge is -2.34. The minimum absolute atomic E-state index is 0.103. The van der Waals surface area contributed by atoms with E-state index in [1.165, 1.54) is 23.4 Å². The molecule has 37 heavy (non-hydrogen) atoms. The number of rotatable bonds is 9. The van der Waals surface area contributed by atoms with E-state index in [9.17, 15) is 18.0 Å². The number of thioether (sulfide) groups is 1. The number of carbonyl (C=O) groups excluding carboxylic acids is 1. The molecule has 0 aliphatic carbocycles. The van der Waals surface area contributed by atoms with Gasteiger partial charge in [0, 0.05) is 61.0 Å². The van der Waals surface area contributed by atoms with Gasteiger partial charge >= 0.3 is 5.51 Å². The van der Waals surface area contributed by atoms with Crippen molar-refractivity contribution in [3.63, 3.8) is 0 Å². The Morgan fingerprint density at radius 2 is 1.38 bits per heavy atom. The molecule has 0 saturated carbocycles. The van der Waals surface area contributed by atoms with Crippen molar-refractivity contribution in [1.82, 2.24) is 9.80 Å². The molecule has 1 amide bonds. The highest BCUT2D eigenvalue weighted by molar-refractivity contribution is 8.00. The molecule has 0 radical (unpaired) electrons. The van der Waals surface area contributed by atoms with Gasteiger partial charge in [0.15, 0.2) is 0 Å². The van der Waals surface area contributed by atoms with E-state index in [4.69, 9.17) is 0 Å². The van der Waals surface area contributed by atoms with Gasteiger partial charge in [-0.1, -0.05) is 17.7 Å². The number of hydrogen-bond donors (Lipinski definition) is 2. The van der Waals surface area contributed by atoms with E-state index in [2.05, 4.69) is 46.7 Å². The number of aryl methyl sites for hydroxylation is 1. The summed E-state index contributed by atoms with van der Waals surface area (Å²) in [5.41, 5.74) is -1.00. The molecule has 0 aromatic heterocycles. The molecule has 0 unspecified atom stereocenters. The number of amides is 1. The number of anilines is 2. The maximum absolute atomic E-state index is 12.7. The van der Waals surface area contributed by atoms with Crippen molar-refractivity contribution in [2.75, 3.05) is 43.4 Å². The smallest absolute Gasteiger partial charge is 0.382 e. The summed E-state index contributed by atoms with van der Waals surface area (Å²) in [6.07, 6.45) is 5.38. The number of halogens is 3. The number of alkyl halides is 3. The van der Waals surface area contributed by atoms with Crippen molar-refractivity contribution in [1.29, 1.82) is 0 Å². The molecule has 2 saturated heterocycles. The van der Waals surface area contributed by atoms with E-state index < -0.39 is 5.51 Å². The third kappa shape index (κ3) is 9.14. The SMILES string of the molecule is Cc1ccc(NC2CCN(CCCC(=O)N3CCC(Nc4ccc(SC(F)(F)F)cc4)CC3)CC2)cc1. The minimum atomic E-state index is -4.27. The molecule has 2 heterocycles. The monoisotopic (exact) mass is 534 g/mol. The molecule has 2 aliphatic heterocycles. The van der Waals surface area contributed by atoms with Crippen LogP contribution in [-0.4, -0.2) is 66.0 Å². The van der Waals surface area contributed by atoms with Gasteiger partial charge < -0.3 is 20.4 Å². The highest BCUT2D eigenvalue weighted by Gasteiger charge is 2.29. The highest BCUT2D eigenvalue weighted by atomic mass is 32.2. The molecule has 2 N–H and O–H groups in total. The Hall–Kier alpha value is -2.39. The van der Waals surface area contributed by atoms with Gasteiger partial charge in [0.1, 0.15) is 0 Å². The van der Waals surface area contributed by atoms with Crippen molar-refractivity contribution in [3.8, 4) is 0 Å². The van der Waals surface area contributed by atoms with Crippen molar-refractivity contribution >= 4 is 29.0 Å². The van der Waals surface area contributed by atoms with Crippen molar-refractivity contribution < 1.29 is 18.0 Å². The van der Waals surface area contributed by atoms with Crippen LogP contribution in [0.15, 0.2) is 53.4 Å². The van der Waals surface area contributed by atoms with Gasteiger partial charge in [0.25, 0.3) is 0 Å². The summed E-state index contributed by atoms with van der Waals surface area (Å²) in [4.78, 5) is 17.3. The summed E-state index contributed by atoms with van der Waals surface area (Å²) in [7, 11) is 0. The van der Waals surface area contributed by atoms with Crippen LogP contribution in [0.5, 0.6) is 0 Å². The summed E-state index contributed by atoms with van der Waals surface area (Å²) in [5.74, 6) is 0.225. The third-order valence-corrected chi connectivity index (χ3v) is 7.92. The van der Waals surface area contributed by atoms with Crippen LogP contribution in [0.25, 0.3) is 0 Å². The van der Waals surface area contributed by atoms with Gasteiger partial charge in [0.05, 0.1) is 0 Å². The Morgan fingerprint density at radius 1 is 0.865 bits per heavy atom. The van der Waals surface area contributed by atoms with E-state index in [-0.39, 0.29) is 28.6 Å². The van der Waals surface area contributed by atoms with Crippen LogP contribution in [0.1, 0.15) is 44.1 Å². The lowest BCUT2D eigenvalue weighted by atomic mass is 10.0. The fraction of sp³-hybridized carbons (Fsp3) is 0.536. The number of nitrogens with zero attached hydrogens (tertiary/aromatic N) is 2. The molecule has 2 aromatic rings. The largest absolute Gasteiger partial charge is 0.446 e. The topological polar surface area (TPSA) is 47.6 Å². The van der Waals surface area contributed by atoms with Crippen LogP contribution in [0.3, 0.4) is 0 Å². The third-order valence-electron chi connectivity index (χ3n) is 7.18. The van der Waals surface area contributed by atoms with Gasteiger partial charge in [-0.05, 0) is 93.7 Å². The van der Waals surface area contributed by atoms with Crippen molar-refractivity contribution in [3.05, 3.63) is 54.1 Å². The average Bonchev–Trinajstić information content (AvgIpc) is 2.87. The number of carbonyl (C=O) groups is 1. The summed E-state index contributed by atoms with van der Waals surface area (Å²) < 4.78 is 37.5. The average molecular weight is 535 g/mol. The lowest BCUT2D eigenvalue weighted by molar-refractivity contribution is -0.132. The van der Waals surface area contributed by atoms with E-state index in [0.717, 1.165) is 57.4 Å². The van der Waals surface area contributed by atoms with Crippen LogP contribution < -0.4 is 10.6 Å². The Balaban J connectivity index is 1.09. The Bertz CT molecular complexity index is 984. The first-order valence-electron chi connectivity index (χ1n) is 13.2. The molecule has 0 spiro atoms. The zero-order valence-corrected chi connectivity index (χ0v) is 22.2. The van der Waals surface area contributed by atoms with Gasteiger partial charge in [-0.15, -0.1) is 0 Å². The normalized spacial score (nSPS) is 18.1. The Labute approximate surface area is 222 Å². The second-order valence-corrected chi connectivity index (χ2v) is 11.2. The van der Waals surface area contributed by atoms with Gasteiger partial charge in [-0.3, -0.25) is 4.79 Å². The molecular weight excluding hydrogens is 497 g/mol. The first-order valence-corrected chi connectivity index (χ1v) is 14.0. The Kier molecular flexibility index (Phi) is 9.65. The molecule has 9 heteroatoms. The first-order chi connectivity index (χ1) is 17.7. The van der Waals surface area contributed by atoms with E-state index >= 15 is 0 Å². The molecular formula is C28H37F3N4OS. The summed E-state index contributed by atoms with van der Waals surface area (Å²) >= 11 is -0.103. The van der Waals surface area contributed by atoms with Crippen LogP contribution in [0.2, 0.25) is 0 Å². The van der Waals surface area contributed by atoms with Crippen molar-refractivity contribution in [2.24, 2.45) is 0 Å². The van der Waals surface area contributed by atoms with Gasteiger partial charge in [0.2, 0.25) is 5.91 Å². The summed E-state index contributed by atoms with van der Waals surface area (Å²) in [6, 6.07) is 15.6. The maximum Gasteiger partial charge on any atom is 0.446 e. The van der Waals surface area contributed by atoms with Crippen LogP contribution in [0.4, 0.5) is 24.5 Å². The Morgan fingerprint density at radius 3 is 1.92 bits per heavy atom. The zero-order chi connectivity index (χ0) is 26.3. The summed E-state index contributed by atoms with van der Waals surface area (Å²) in [5, 5.41) is 7.04. The fourth-order valence-electron chi connectivity index (χ4n) is 5.06.